The van der Waals surface area contributed by atoms with E-state index < -0.39 is 0 Å². The van der Waals surface area contributed by atoms with Gasteiger partial charge in [-0.15, -0.1) is 0 Å². The minimum absolute atomic E-state index is 0.328. The fourth-order valence-corrected chi connectivity index (χ4v) is 2.14. The number of ether oxygens (including phenoxy) is 1. The van der Waals surface area contributed by atoms with Gasteiger partial charge >= 0.3 is 5.97 Å². The van der Waals surface area contributed by atoms with Gasteiger partial charge in [-0.2, -0.15) is 0 Å². The van der Waals surface area contributed by atoms with E-state index in [2.05, 4.69) is 4.98 Å². The maximum Gasteiger partial charge on any atom is 0.342 e. The van der Waals surface area contributed by atoms with Gasteiger partial charge < -0.3 is 15.0 Å². The van der Waals surface area contributed by atoms with E-state index in [1.54, 1.807) is 19.3 Å². The highest BCUT2D eigenvalue weighted by atomic mass is 16.5. The van der Waals surface area contributed by atoms with Crippen LogP contribution in [-0.2, 0) is 11.8 Å². The summed E-state index contributed by atoms with van der Waals surface area (Å²) in [5, 5.41) is 0. The van der Waals surface area contributed by atoms with Gasteiger partial charge in [-0.1, -0.05) is 0 Å². The number of carbonyl (C=O) groups excluding carboxylic acids is 1. The summed E-state index contributed by atoms with van der Waals surface area (Å²) < 4.78 is 6.93. The van der Waals surface area contributed by atoms with Crippen LogP contribution >= 0.6 is 0 Å². The number of pyridine rings is 1. The van der Waals surface area contributed by atoms with Crippen molar-refractivity contribution in [2.75, 3.05) is 12.3 Å². The van der Waals surface area contributed by atoms with Crippen molar-refractivity contribution in [1.82, 2.24) is 9.55 Å². The van der Waals surface area contributed by atoms with Crippen LogP contribution in [-0.4, -0.2) is 22.1 Å². The van der Waals surface area contributed by atoms with Crippen molar-refractivity contribution in [2.45, 2.75) is 13.8 Å². The van der Waals surface area contributed by atoms with E-state index in [-0.39, 0.29) is 5.97 Å². The van der Waals surface area contributed by atoms with Crippen LogP contribution in [0.15, 0.2) is 24.5 Å². The van der Waals surface area contributed by atoms with Crippen LogP contribution in [0.2, 0.25) is 0 Å². The molecule has 0 radical (unpaired) electrons. The maximum absolute atomic E-state index is 12.0. The lowest BCUT2D eigenvalue weighted by Gasteiger charge is -2.05. The first-order valence-corrected chi connectivity index (χ1v) is 6.10. The normalized spacial score (nSPS) is 10.5. The first kappa shape index (κ1) is 13.1. The second-order valence-electron chi connectivity index (χ2n) is 4.24. The third kappa shape index (κ3) is 2.19. The molecule has 5 nitrogen and oxygen atoms in total. The highest BCUT2D eigenvalue weighted by Gasteiger charge is 2.23. The second kappa shape index (κ2) is 5.14. The number of hydrogen-bond donors (Lipinski definition) is 1. The number of anilines is 1. The van der Waals surface area contributed by atoms with E-state index >= 15 is 0 Å². The zero-order chi connectivity index (χ0) is 14.0. The smallest absolute Gasteiger partial charge is 0.342 e. The molecule has 0 saturated heterocycles. The molecule has 0 aliphatic heterocycles. The van der Waals surface area contributed by atoms with Crippen LogP contribution in [0.4, 0.5) is 5.69 Å². The SMILES string of the molecule is CCOC(=O)c1c(N)c(-c2cccnc2)n(C)c1C. The van der Waals surface area contributed by atoms with Gasteiger partial charge in [-0.25, -0.2) is 4.79 Å². The summed E-state index contributed by atoms with van der Waals surface area (Å²) in [4.78, 5) is 16.0. The Morgan fingerprint density at radius 3 is 2.84 bits per heavy atom. The molecule has 0 atom stereocenters. The predicted molar refractivity (Wildman–Crippen MR) is 73.7 cm³/mol. The standard InChI is InChI=1S/C14H17N3O2/c1-4-19-14(18)11-9(2)17(3)13(12(11)15)10-6-5-7-16-8-10/h5-8H,4,15H2,1-3H3. The van der Waals surface area contributed by atoms with Crippen molar-refractivity contribution in [3.63, 3.8) is 0 Å². The summed E-state index contributed by atoms with van der Waals surface area (Å²) in [6.45, 7) is 3.95. The summed E-state index contributed by atoms with van der Waals surface area (Å²) in [7, 11) is 1.87. The molecule has 0 aromatic carbocycles. The van der Waals surface area contributed by atoms with Crippen molar-refractivity contribution < 1.29 is 9.53 Å². The minimum Gasteiger partial charge on any atom is -0.462 e. The Bertz CT molecular complexity index is 603. The van der Waals surface area contributed by atoms with E-state index in [9.17, 15) is 4.79 Å². The zero-order valence-electron chi connectivity index (χ0n) is 11.3. The molecule has 5 heteroatoms. The molecule has 2 aromatic rings. The molecule has 0 aliphatic carbocycles. The average Bonchev–Trinajstić information content (AvgIpc) is 2.62. The van der Waals surface area contributed by atoms with E-state index in [0.717, 1.165) is 17.0 Å². The third-order valence-electron chi connectivity index (χ3n) is 3.14. The van der Waals surface area contributed by atoms with Crippen LogP contribution < -0.4 is 5.73 Å². The summed E-state index contributed by atoms with van der Waals surface area (Å²) in [6, 6.07) is 3.74. The van der Waals surface area contributed by atoms with Crippen molar-refractivity contribution in [3.05, 3.63) is 35.8 Å². The number of aromatic nitrogens is 2. The molecule has 2 N–H and O–H groups in total. The van der Waals surface area contributed by atoms with Crippen LogP contribution in [0.5, 0.6) is 0 Å². The van der Waals surface area contributed by atoms with E-state index in [1.807, 2.05) is 30.7 Å². The summed E-state index contributed by atoms with van der Waals surface area (Å²) >= 11 is 0. The predicted octanol–water partition coefficient (Wildman–Crippen LogP) is 2.15. The van der Waals surface area contributed by atoms with Gasteiger partial charge in [0.1, 0.15) is 5.56 Å². The number of carbonyl (C=O) groups is 1. The quantitative estimate of drug-likeness (QED) is 0.857. The molecule has 0 aliphatic rings. The number of rotatable bonds is 3. The Morgan fingerprint density at radius 2 is 2.26 bits per heavy atom. The molecule has 0 amide bonds. The monoisotopic (exact) mass is 259 g/mol. The van der Waals surface area contributed by atoms with Crippen LogP contribution in [0, 0.1) is 6.92 Å². The topological polar surface area (TPSA) is 70.1 Å². The fraction of sp³-hybridized carbons (Fsp3) is 0.286. The van der Waals surface area contributed by atoms with Gasteiger partial charge in [-0.3, -0.25) is 4.98 Å². The molecule has 2 heterocycles. The first-order valence-electron chi connectivity index (χ1n) is 6.10. The Labute approximate surface area is 112 Å². The molecule has 2 aromatic heterocycles. The molecular weight excluding hydrogens is 242 g/mol. The van der Waals surface area contributed by atoms with Crippen molar-refractivity contribution in [3.8, 4) is 11.3 Å². The van der Waals surface area contributed by atoms with Crippen molar-refractivity contribution in [2.24, 2.45) is 7.05 Å². The van der Waals surface area contributed by atoms with Crippen LogP contribution in [0.3, 0.4) is 0 Å². The Kier molecular flexibility index (Phi) is 3.55. The van der Waals surface area contributed by atoms with Crippen LogP contribution in [0.1, 0.15) is 23.0 Å². The first-order chi connectivity index (χ1) is 9.07. The lowest BCUT2D eigenvalue weighted by molar-refractivity contribution is 0.0526. The lowest BCUT2D eigenvalue weighted by Crippen LogP contribution is -2.08. The second-order valence-corrected chi connectivity index (χ2v) is 4.24. The molecule has 19 heavy (non-hydrogen) atoms. The summed E-state index contributed by atoms with van der Waals surface area (Å²) in [6.07, 6.45) is 3.42. The van der Waals surface area contributed by atoms with Gasteiger partial charge in [0.05, 0.1) is 18.0 Å². The highest BCUT2D eigenvalue weighted by Crippen LogP contribution is 2.33. The number of nitrogens with zero attached hydrogens (tertiary/aromatic N) is 2. The average molecular weight is 259 g/mol. The van der Waals surface area contributed by atoms with E-state index in [0.29, 0.717) is 17.9 Å². The van der Waals surface area contributed by atoms with Gasteiger partial charge in [0.2, 0.25) is 0 Å². The maximum atomic E-state index is 12.0. The zero-order valence-corrected chi connectivity index (χ0v) is 11.3. The molecule has 0 unspecified atom stereocenters. The number of hydrogen-bond acceptors (Lipinski definition) is 4. The molecule has 2 rings (SSSR count). The van der Waals surface area contributed by atoms with E-state index in [1.165, 1.54) is 0 Å². The largest absolute Gasteiger partial charge is 0.462 e. The van der Waals surface area contributed by atoms with E-state index in [4.69, 9.17) is 10.5 Å². The fourth-order valence-electron chi connectivity index (χ4n) is 2.14. The third-order valence-corrected chi connectivity index (χ3v) is 3.14. The lowest BCUT2D eigenvalue weighted by atomic mass is 10.1. The van der Waals surface area contributed by atoms with Crippen molar-refractivity contribution >= 4 is 11.7 Å². The van der Waals surface area contributed by atoms with Crippen molar-refractivity contribution in [1.29, 1.82) is 0 Å². The molecule has 100 valence electrons. The van der Waals surface area contributed by atoms with Crippen LogP contribution in [0.25, 0.3) is 11.3 Å². The summed E-state index contributed by atoms with van der Waals surface area (Å²) in [5.41, 5.74) is 9.44. The number of nitrogen functional groups attached to an aromatic ring is 1. The van der Waals surface area contributed by atoms with Gasteiger partial charge in [0, 0.05) is 30.7 Å². The molecular formula is C14H17N3O2. The van der Waals surface area contributed by atoms with Gasteiger partial charge in [0.15, 0.2) is 0 Å². The molecule has 0 bridgehead atoms. The van der Waals surface area contributed by atoms with Gasteiger partial charge in [0.25, 0.3) is 0 Å². The molecule has 0 saturated carbocycles. The highest BCUT2D eigenvalue weighted by molar-refractivity contribution is 6.00. The molecule has 0 spiro atoms. The Balaban J connectivity index is 2.59. The number of nitrogens with two attached hydrogens (primary N) is 1. The number of esters is 1. The molecule has 0 fully saturated rings. The summed E-state index contributed by atoms with van der Waals surface area (Å²) in [5.74, 6) is -0.386. The Morgan fingerprint density at radius 1 is 1.53 bits per heavy atom. The minimum atomic E-state index is -0.386. The van der Waals surface area contributed by atoms with Gasteiger partial charge in [-0.05, 0) is 26.0 Å². The Hall–Kier alpha value is -2.30.